The molecule has 0 saturated carbocycles. The van der Waals surface area contributed by atoms with Crippen LogP contribution in [-0.2, 0) is 5.75 Å². The van der Waals surface area contributed by atoms with Crippen molar-refractivity contribution in [3.63, 3.8) is 0 Å². The second-order valence-corrected chi connectivity index (χ2v) is 8.99. The van der Waals surface area contributed by atoms with Crippen molar-refractivity contribution in [2.75, 3.05) is 19.6 Å². The number of rotatable bonds is 8. The molecule has 0 aliphatic carbocycles. The molecule has 32 heavy (non-hydrogen) atoms. The van der Waals surface area contributed by atoms with Crippen molar-refractivity contribution in [2.24, 2.45) is 0 Å². The van der Waals surface area contributed by atoms with Crippen LogP contribution in [0.4, 0.5) is 0 Å². The number of nitrogens with zero attached hydrogens (tertiary/aromatic N) is 2. The second kappa shape index (κ2) is 9.63. The number of para-hydroxylation sites is 2. The first-order valence-corrected chi connectivity index (χ1v) is 12.0. The summed E-state index contributed by atoms with van der Waals surface area (Å²) in [5.74, 6) is 1.64. The predicted octanol–water partition coefficient (Wildman–Crippen LogP) is 5.02. The number of amides is 1. The molecule has 0 spiro atoms. The van der Waals surface area contributed by atoms with Crippen LogP contribution in [0.2, 0.25) is 0 Å². The number of hydrogen-bond acceptors (Lipinski definition) is 5. The molecule has 5 rings (SSSR count). The second-order valence-electron chi connectivity index (χ2n) is 8.03. The van der Waals surface area contributed by atoms with Gasteiger partial charge >= 0.3 is 0 Å². The van der Waals surface area contributed by atoms with Crippen molar-refractivity contribution in [3.05, 3.63) is 83.8 Å². The first-order valence-electron chi connectivity index (χ1n) is 11.0. The van der Waals surface area contributed by atoms with E-state index >= 15 is 0 Å². The molecule has 1 fully saturated rings. The lowest BCUT2D eigenvalue weighted by Gasteiger charge is -2.26. The van der Waals surface area contributed by atoms with E-state index in [0.717, 1.165) is 46.4 Å². The minimum absolute atomic E-state index is 0.0581. The first kappa shape index (κ1) is 20.8. The standard InChI is InChI=1S/C25H26N4O2S/c30-24(26-16-22(23-8-5-15-31-23)29-13-3-4-14-29)19-11-9-18(10-12-19)17-32-25-27-20-6-1-2-7-21(20)28-25/h1-2,5-12,15,22H,3-4,13-14,16-17H2,(H,26,30)(H,27,28)/t22-/m1/s1. The molecule has 4 aromatic rings. The van der Waals surface area contributed by atoms with Gasteiger partial charge in [0, 0.05) is 17.9 Å². The van der Waals surface area contributed by atoms with Crippen LogP contribution in [0.25, 0.3) is 11.0 Å². The zero-order chi connectivity index (χ0) is 21.8. The van der Waals surface area contributed by atoms with E-state index in [4.69, 9.17) is 4.42 Å². The molecule has 1 saturated heterocycles. The Labute approximate surface area is 191 Å². The third kappa shape index (κ3) is 4.74. The Bertz CT molecular complexity index is 1130. The monoisotopic (exact) mass is 446 g/mol. The van der Waals surface area contributed by atoms with Gasteiger partial charge in [-0.2, -0.15) is 0 Å². The third-order valence-electron chi connectivity index (χ3n) is 5.87. The van der Waals surface area contributed by atoms with Crippen molar-refractivity contribution in [2.45, 2.75) is 29.8 Å². The van der Waals surface area contributed by atoms with E-state index < -0.39 is 0 Å². The summed E-state index contributed by atoms with van der Waals surface area (Å²) in [6.07, 6.45) is 4.08. The molecular formula is C25H26N4O2S. The van der Waals surface area contributed by atoms with Crippen molar-refractivity contribution >= 4 is 28.7 Å². The maximum Gasteiger partial charge on any atom is 0.251 e. The highest BCUT2D eigenvalue weighted by Gasteiger charge is 2.26. The first-order chi connectivity index (χ1) is 15.8. The molecule has 1 amide bonds. The van der Waals surface area contributed by atoms with E-state index in [1.54, 1.807) is 18.0 Å². The van der Waals surface area contributed by atoms with Gasteiger partial charge in [-0.05, 0) is 67.9 Å². The number of likely N-dealkylation sites (tertiary alicyclic amines) is 1. The van der Waals surface area contributed by atoms with Gasteiger partial charge in [0.05, 0.1) is 23.3 Å². The van der Waals surface area contributed by atoms with E-state index in [9.17, 15) is 4.79 Å². The van der Waals surface area contributed by atoms with Crippen LogP contribution in [0.3, 0.4) is 0 Å². The number of carbonyl (C=O) groups excluding carboxylic acids is 1. The number of furan rings is 1. The third-order valence-corrected chi connectivity index (χ3v) is 6.81. The number of aromatic nitrogens is 2. The predicted molar refractivity (Wildman–Crippen MR) is 127 cm³/mol. The van der Waals surface area contributed by atoms with Crippen LogP contribution >= 0.6 is 11.8 Å². The number of imidazole rings is 1. The molecule has 2 N–H and O–H groups in total. The van der Waals surface area contributed by atoms with Gasteiger partial charge < -0.3 is 14.7 Å². The normalized spacial score (nSPS) is 15.2. The number of aromatic amines is 1. The molecular weight excluding hydrogens is 420 g/mol. The number of hydrogen-bond donors (Lipinski definition) is 2. The van der Waals surface area contributed by atoms with Gasteiger partial charge in [0.25, 0.3) is 5.91 Å². The number of fused-ring (bicyclic) bond motifs is 1. The van der Waals surface area contributed by atoms with Crippen LogP contribution in [0.1, 0.15) is 40.6 Å². The van der Waals surface area contributed by atoms with E-state index in [0.29, 0.717) is 12.1 Å². The molecule has 1 atom stereocenters. The largest absolute Gasteiger partial charge is 0.468 e. The smallest absolute Gasteiger partial charge is 0.251 e. The lowest BCUT2D eigenvalue weighted by atomic mass is 10.1. The maximum absolute atomic E-state index is 12.7. The van der Waals surface area contributed by atoms with Crippen LogP contribution in [0.15, 0.2) is 76.5 Å². The van der Waals surface area contributed by atoms with Gasteiger partial charge in [0.2, 0.25) is 0 Å². The fourth-order valence-electron chi connectivity index (χ4n) is 4.14. The molecule has 164 valence electrons. The number of thioether (sulfide) groups is 1. The minimum Gasteiger partial charge on any atom is -0.468 e. The van der Waals surface area contributed by atoms with Gasteiger partial charge in [0.15, 0.2) is 5.16 Å². The molecule has 1 aliphatic rings. The summed E-state index contributed by atoms with van der Waals surface area (Å²) in [4.78, 5) is 23.1. The lowest BCUT2D eigenvalue weighted by molar-refractivity contribution is 0.0934. The Morgan fingerprint density at radius 1 is 1.09 bits per heavy atom. The highest BCUT2D eigenvalue weighted by Crippen LogP contribution is 2.25. The fraction of sp³-hybridized carbons (Fsp3) is 0.280. The SMILES string of the molecule is O=C(NC[C@H](c1ccco1)N1CCCC1)c1ccc(CSc2nc3ccccc3[nH]2)cc1. The van der Waals surface area contributed by atoms with E-state index in [-0.39, 0.29) is 11.9 Å². The molecule has 0 bridgehead atoms. The van der Waals surface area contributed by atoms with Gasteiger partial charge in [0.1, 0.15) is 5.76 Å². The zero-order valence-electron chi connectivity index (χ0n) is 17.8. The van der Waals surface area contributed by atoms with Gasteiger partial charge in [-0.1, -0.05) is 36.0 Å². The number of H-pyrrole nitrogens is 1. The lowest BCUT2D eigenvalue weighted by Crippen LogP contribution is -2.36. The Morgan fingerprint density at radius 2 is 1.91 bits per heavy atom. The summed E-state index contributed by atoms with van der Waals surface area (Å²) in [6.45, 7) is 2.62. The zero-order valence-corrected chi connectivity index (χ0v) is 18.6. The van der Waals surface area contributed by atoms with E-state index in [2.05, 4.69) is 20.2 Å². The molecule has 3 heterocycles. The molecule has 0 radical (unpaired) electrons. The molecule has 1 aliphatic heterocycles. The Hall–Kier alpha value is -3.03. The highest BCUT2D eigenvalue weighted by molar-refractivity contribution is 7.98. The Morgan fingerprint density at radius 3 is 2.66 bits per heavy atom. The molecule has 6 nitrogen and oxygen atoms in total. The van der Waals surface area contributed by atoms with Gasteiger partial charge in [-0.3, -0.25) is 9.69 Å². The number of benzene rings is 2. The summed E-state index contributed by atoms with van der Waals surface area (Å²) < 4.78 is 5.64. The minimum atomic E-state index is -0.0581. The summed E-state index contributed by atoms with van der Waals surface area (Å²) in [5.41, 5.74) is 3.84. The number of carbonyl (C=O) groups is 1. The van der Waals surface area contributed by atoms with Gasteiger partial charge in [-0.15, -0.1) is 0 Å². The molecule has 2 aromatic heterocycles. The van der Waals surface area contributed by atoms with Crippen LogP contribution < -0.4 is 5.32 Å². The Kier molecular flexibility index (Phi) is 6.27. The Balaban J connectivity index is 1.17. The average Bonchev–Trinajstić information content (AvgIpc) is 3.60. The molecule has 2 aromatic carbocycles. The summed E-state index contributed by atoms with van der Waals surface area (Å²) >= 11 is 1.66. The van der Waals surface area contributed by atoms with Crippen LogP contribution in [-0.4, -0.2) is 40.4 Å². The van der Waals surface area contributed by atoms with E-state index in [1.807, 2.05) is 60.7 Å². The van der Waals surface area contributed by atoms with Crippen molar-refractivity contribution < 1.29 is 9.21 Å². The summed E-state index contributed by atoms with van der Waals surface area (Å²) in [7, 11) is 0. The van der Waals surface area contributed by atoms with E-state index in [1.165, 1.54) is 12.8 Å². The van der Waals surface area contributed by atoms with Gasteiger partial charge in [-0.25, -0.2) is 4.98 Å². The quantitative estimate of drug-likeness (QED) is 0.372. The van der Waals surface area contributed by atoms with Crippen molar-refractivity contribution in [1.82, 2.24) is 20.2 Å². The number of nitrogens with one attached hydrogen (secondary N) is 2. The van der Waals surface area contributed by atoms with Crippen molar-refractivity contribution in [3.8, 4) is 0 Å². The summed E-state index contributed by atoms with van der Waals surface area (Å²) in [6, 6.07) is 19.8. The highest BCUT2D eigenvalue weighted by atomic mass is 32.2. The molecule has 7 heteroatoms. The van der Waals surface area contributed by atoms with Crippen LogP contribution in [0.5, 0.6) is 0 Å². The maximum atomic E-state index is 12.7. The van der Waals surface area contributed by atoms with Crippen LogP contribution in [0, 0.1) is 0 Å². The fourth-order valence-corrected chi connectivity index (χ4v) is 4.98. The summed E-state index contributed by atoms with van der Waals surface area (Å²) in [5, 5.41) is 4.00. The topological polar surface area (TPSA) is 74.2 Å². The van der Waals surface area contributed by atoms with Crippen molar-refractivity contribution in [1.29, 1.82) is 0 Å². The average molecular weight is 447 g/mol. The molecule has 0 unspecified atom stereocenters.